The van der Waals surface area contributed by atoms with Gasteiger partial charge in [0.25, 0.3) is 0 Å². The largest absolute Gasteiger partial charge is 0.481 e. The van der Waals surface area contributed by atoms with Gasteiger partial charge in [-0.1, -0.05) is 24.3 Å². The molecule has 0 aromatic rings. The van der Waals surface area contributed by atoms with Crippen molar-refractivity contribution in [3.8, 4) is 0 Å². The quantitative estimate of drug-likeness (QED) is 0.0563. The molecule has 0 aliphatic heterocycles. The second-order valence-electron chi connectivity index (χ2n) is 20.2. The van der Waals surface area contributed by atoms with Crippen molar-refractivity contribution in [3.63, 3.8) is 0 Å². The van der Waals surface area contributed by atoms with Gasteiger partial charge < -0.3 is 39.4 Å². The Morgan fingerprint density at radius 3 is 1.02 bits per heavy atom. The number of fused-ring (bicyclic) bond motifs is 4. The van der Waals surface area contributed by atoms with Crippen molar-refractivity contribution in [2.75, 3.05) is 0 Å². The first-order chi connectivity index (χ1) is 30.0. The topological polar surface area (TPSA) is 254 Å². The van der Waals surface area contributed by atoms with Crippen LogP contribution in [0.5, 0.6) is 0 Å². The third-order valence-electron chi connectivity index (χ3n) is 16.7. The first-order valence-electron chi connectivity index (χ1n) is 23.1. The van der Waals surface area contributed by atoms with Gasteiger partial charge in [-0.15, -0.1) is 0 Å². The number of hydrogen-bond donors (Lipinski definition) is 4. The number of rotatable bonds is 17. The number of carbonyl (C=O) groups excluding carboxylic acids is 4. The van der Waals surface area contributed by atoms with E-state index in [0.717, 1.165) is 44.9 Å². The molecule has 0 amide bonds. The summed E-state index contributed by atoms with van der Waals surface area (Å²) in [6.45, 7) is 0. The van der Waals surface area contributed by atoms with E-state index in [1.165, 1.54) is 0 Å². The minimum atomic E-state index is -1.33. The van der Waals surface area contributed by atoms with E-state index < -0.39 is 95.8 Å². The fraction of sp³-hybridized carbons (Fsp3) is 0.745. The summed E-state index contributed by atoms with van der Waals surface area (Å²) in [5.74, 6) is -10.4. The summed E-state index contributed by atoms with van der Waals surface area (Å²) < 4.78 is 25.5. The molecule has 63 heavy (non-hydrogen) atoms. The Morgan fingerprint density at radius 1 is 0.397 bits per heavy atom. The van der Waals surface area contributed by atoms with Crippen LogP contribution in [0.1, 0.15) is 135 Å². The molecule has 16 nitrogen and oxygen atoms in total. The molecule has 6 saturated carbocycles. The Balaban J connectivity index is 1.13. The Kier molecular flexibility index (Phi) is 12.3. The van der Waals surface area contributed by atoms with Crippen LogP contribution in [0, 0.1) is 59.2 Å². The Morgan fingerprint density at radius 2 is 0.683 bits per heavy atom. The van der Waals surface area contributed by atoms with Gasteiger partial charge in [-0.25, -0.2) is 0 Å². The van der Waals surface area contributed by atoms with Crippen LogP contribution >= 0.6 is 0 Å². The van der Waals surface area contributed by atoms with Crippen molar-refractivity contribution >= 4 is 47.8 Å². The molecule has 9 rings (SSSR count). The number of carbonyl (C=O) groups is 8. The number of carboxylic acids is 4. The van der Waals surface area contributed by atoms with Gasteiger partial charge >= 0.3 is 47.8 Å². The second kappa shape index (κ2) is 17.3. The lowest BCUT2D eigenvalue weighted by Crippen LogP contribution is -2.60. The highest BCUT2D eigenvalue weighted by Gasteiger charge is 2.68. The summed E-state index contributed by atoms with van der Waals surface area (Å²) in [6, 6.07) is 0. The van der Waals surface area contributed by atoms with E-state index in [4.69, 9.17) is 18.9 Å². The lowest BCUT2D eigenvalue weighted by Gasteiger charge is -2.57. The van der Waals surface area contributed by atoms with Crippen molar-refractivity contribution in [3.05, 3.63) is 24.3 Å². The summed E-state index contributed by atoms with van der Waals surface area (Å²) >= 11 is 0. The SMILES string of the molecule is O=C(O)CC(=O)OC1(C2C3C=CC(CC3)C2C2(OC(=O)CC(=O)O)CCC(C3CCC(OC(=O)CC(=O)O)(C4C5C=CC(C5)C4C4(OC(=O)CC(=O)O)CCCC4)C3)C2)CCCC1. The number of esters is 4. The van der Waals surface area contributed by atoms with E-state index in [9.17, 15) is 58.8 Å². The van der Waals surface area contributed by atoms with Crippen LogP contribution < -0.4 is 0 Å². The monoisotopic (exact) mass is 880 g/mol. The average molecular weight is 881 g/mol. The first kappa shape index (κ1) is 44.8. The van der Waals surface area contributed by atoms with Crippen LogP contribution in [0.25, 0.3) is 0 Å². The molecular formula is C47H60O16. The lowest BCUT2D eigenvalue weighted by atomic mass is 9.52. The Labute approximate surface area is 365 Å². The number of allylic oxidation sites excluding steroid dienone is 4. The molecule has 16 heteroatoms. The zero-order chi connectivity index (χ0) is 44.9. The summed E-state index contributed by atoms with van der Waals surface area (Å²) in [5.41, 5.74) is -4.28. The van der Waals surface area contributed by atoms with Crippen molar-refractivity contribution in [2.45, 2.75) is 157 Å². The molecule has 9 aliphatic rings. The van der Waals surface area contributed by atoms with Gasteiger partial charge in [0.15, 0.2) is 0 Å². The Bertz CT molecular complexity index is 1940. The molecular weight excluding hydrogens is 821 g/mol. The van der Waals surface area contributed by atoms with Gasteiger partial charge in [-0.05, 0) is 145 Å². The van der Waals surface area contributed by atoms with Crippen LogP contribution in [-0.4, -0.2) is 90.6 Å². The molecule has 12 unspecified atom stereocenters. The minimum absolute atomic E-state index is 0.0307. The van der Waals surface area contributed by atoms with Crippen molar-refractivity contribution in [2.24, 2.45) is 59.2 Å². The molecule has 0 aromatic carbocycles. The zero-order valence-corrected chi connectivity index (χ0v) is 35.6. The van der Waals surface area contributed by atoms with E-state index >= 15 is 0 Å². The summed E-state index contributed by atoms with van der Waals surface area (Å²) in [7, 11) is 0. The van der Waals surface area contributed by atoms with E-state index in [2.05, 4.69) is 24.3 Å². The molecule has 6 fully saturated rings. The molecule has 0 radical (unpaired) electrons. The van der Waals surface area contributed by atoms with Crippen LogP contribution in [-0.2, 0) is 57.3 Å². The van der Waals surface area contributed by atoms with Crippen molar-refractivity contribution in [1.29, 1.82) is 0 Å². The molecule has 4 bridgehead atoms. The van der Waals surface area contributed by atoms with E-state index in [1.807, 2.05) is 0 Å². The molecule has 12 atom stereocenters. The normalized spacial score (nSPS) is 37.7. The highest BCUT2D eigenvalue weighted by molar-refractivity contribution is 5.92. The predicted molar refractivity (Wildman–Crippen MR) is 216 cm³/mol. The third kappa shape index (κ3) is 8.63. The lowest BCUT2D eigenvalue weighted by molar-refractivity contribution is -0.205. The third-order valence-corrected chi connectivity index (χ3v) is 16.7. The van der Waals surface area contributed by atoms with E-state index in [-0.39, 0.29) is 59.2 Å². The summed E-state index contributed by atoms with van der Waals surface area (Å²) in [5, 5.41) is 38.3. The Hall–Kier alpha value is -4.76. The smallest absolute Gasteiger partial charge is 0.317 e. The zero-order valence-electron chi connectivity index (χ0n) is 35.6. The van der Waals surface area contributed by atoms with Crippen LogP contribution in [0.3, 0.4) is 0 Å². The maximum absolute atomic E-state index is 13.6. The fourth-order valence-electron chi connectivity index (χ4n) is 15.1. The molecule has 0 heterocycles. The fourth-order valence-corrected chi connectivity index (χ4v) is 15.1. The second-order valence-corrected chi connectivity index (χ2v) is 20.2. The number of carboxylic acid groups (broad SMARTS) is 4. The van der Waals surface area contributed by atoms with E-state index in [0.29, 0.717) is 64.2 Å². The van der Waals surface area contributed by atoms with Gasteiger partial charge in [0.05, 0.1) is 0 Å². The molecule has 4 N–H and O–H groups in total. The first-order valence-corrected chi connectivity index (χ1v) is 23.1. The van der Waals surface area contributed by atoms with Crippen molar-refractivity contribution in [1.82, 2.24) is 0 Å². The van der Waals surface area contributed by atoms with Crippen LogP contribution in [0.2, 0.25) is 0 Å². The minimum Gasteiger partial charge on any atom is -0.481 e. The van der Waals surface area contributed by atoms with Gasteiger partial charge in [-0.2, -0.15) is 0 Å². The van der Waals surface area contributed by atoms with Gasteiger partial charge in [0, 0.05) is 23.7 Å². The van der Waals surface area contributed by atoms with Gasteiger partial charge in [0.1, 0.15) is 48.1 Å². The summed E-state index contributed by atoms with van der Waals surface area (Å²) in [4.78, 5) is 100. The molecule has 9 aliphatic carbocycles. The number of ether oxygens (including phenoxy) is 4. The van der Waals surface area contributed by atoms with Gasteiger partial charge in [0.2, 0.25) is 0 Å². The molecule has 0 spiro atoms. The molecule has 0 aromatic heterocycles. The van der Waals surface area contributed by atoms with Gasteiger partial charge in [-0.3, -0.25) is 38.4 Å². The maximum Gasteiger partial charge on any atom is 0.317 e. The standard InChI is InChI=1S/C47H60O16/c48-32(49)20-36(56)60-44(13-1-2-14-44)40-26-5-7-27(8-6-26)41(40)46(62-38(58)22-34(52)53)17-11-30(24-46)31-12-18-47(25-31,63-39(59)23-35(54)55)43-29-10-9-28(19-29)42(43)45(15-3-4-16-45)61-37(57)21-33(50)51/h5,7,9-10,26-31,40-43H,1-4,6,8,11-25H2,(H,48,49)(H,50,51)(H,52,53)(H,54,55). The number of hydrogen-bond acceptors (Lipinski definition) is 12. The highest BCUT2D eigenvalue weighted by atomic mass is 16.6. The highest BCUT2D eigenvalue weighted by Crippen LogP contribution is 2.67. The maximum atomic E-state index is 13.6. The average Bonchev–Trinajstić information content (AvgIpc) is 4.06. The van der Waals surface area contributed by atoms with Crippen molar-refractivity contribution < 1.29 is 77.7 Å². The van der Waals surface area contributed by atoms with E-state index in [1.54, 1.807) is 0 Å². The summed E-state index contributed by atoms with van der Waals surface area (Å²) in [6.07, 6.45) is 15.5. The van der Waals surface area contributed by atoms with Crippen LogP contribution in [0.15, 0.2) is 24.3 Å². The molecule has 344 valence electrons. The number of aliphatic carboxylic acids is 4. The predicted octanol–water partition coefficient (Wildman–Crippen LogP) is 6.03. The van der Waals surface area contributed by atoms with Crippen LogP contribution in [0.4, 0.5) is 0 Å². The molecule has 0 saturated heterocycles.